The Labute approximate surface area is 140 Å². The van der Waals surface area contributed by atoms with Crippen LogP contribution in [0.1, 0.15) is 37.9 Å². The number of imidazole rings is 1. The van der Waals surface area contributed by atoms with Crippen molar-refractivity contribution in [2.24, 2.45) is 0 Å². The SMILES string of the molecule is O=CCCCCCCc1ncc(-c2ccc3cc(F)ccc3c2)[nH]1. The summed E-state index contributed by atoms with van der Waals surface area (Å²) < 4.78 is 13.2. The number of rotatable bonds is 8. The highest BCUT2D eigenvalue weighted by molar-refractivity contribution is 5.86. The Morgan fingerprint density at radius 2 is 1.79 bits per heavy atom. The number of nitrogens with one attached hydrogen (secondary N) is 1. The summed E-state index contributed by atoms with van der Waals surface area (Å²) in [6, 6.07) is 10.8. The smallest absolute Gasteiger partial charge is 0.123 e. The van der Waals surface area contributed by atoms with E-state index in [0.717, 1.165) is 66.2 Å². The number of H-pyrrole nitrogens is 1. The Kier molecular flexibility index (Phi) is 5.36. The fourth-order valence-corrected chi connectivity index (χ4v) is 2.89. The first-order valence-corrected chi connectivity index (χ1v) is 8.43. The van der Waals surface area contributed by atoms with Crippen molar-refractivity contribution in [3.05, 3.63) is 54.2 Å². The molecule has 0 spiro atoms. The molecule has 0 saturated heterocycles. The molecule has 24 heavy (non-hydrogen) atoms. The zero-order chi connectivity index (χ0) is 16.8. The average Bonchev–Trinajstić information content (AvgIpc) is 3.06. The molecular formula is C20H21FN2O. The highest BCUT2D eigenvalue weighted by atomic mass is 19.1. The van der Waals surface area contributed by atoms with Gasteiger partial charge in [0, 0.05) is 18.4 Å². The molecular weight excluding hydrogens is 303 g/mol. The summed E-state index contributed by atoms with van der Waals surface area (Å²) in [4.78, 5) is 18.1. The van der Waals surface area contributed by atoms with Crippen molar-refractivity contribution in [2.45, 2.75) is 38.5 Å². The van der Waals surface area contributed by atoms with E-state index in [1.807, 2.05) is 24.4 Å². The van der Waals surface area contributed by atoms with Crippen LogP contribution in [0.15, 0.2) is 42.6 Å². The molecule has 1 heterocycles. The lowest BCUT2D eigenvalue weighted by Crippen LogP contribution is -1.89. The first-order chi connectivity index (χ1) is 11.8. The Morgan fingerprint density at radius 1 is 1.00 bits per heavy atom. The minimum Gasteiger partial charge on any atom is -0.342 e. The van der Waals surface area contributed by atoms with Crippen LogP contribution in [0, 0.1) is 5.82 Å². The molecule has 4 heteroatoms. The predicted octanol–water partition coefficient (Wildman–Crippen LogP) is 5.06. The van der Waals surface area contributed by atoms with Crippen LogP contribution in [0.3, 0.4) is 0 Å². The summed E-state index contributed by atoms with van der Waals surface area (Å²) in [5.74, 6) is 0.770. The maximum absolute atomic E-state index is 13.2. The van der Waals surface area contributed by atoms with E-state index in [9.17, 15) is 9.18 Å². The summed E-state index contributed by atoms with van der Waals surface area (Å²) in [7, 11) is 0. The largest absolute Gasteiger partial charge is 0.342 e. The van der Waals surface area contributed by atoms with Gasteiger partial charge in [-0.05, 0) is 41.8 Å². The van der Waals surface area contributed by atoms with Crippen molar-refractivity contribution in [3.63, 3.8) is 0 Å². The van der Waals surface area contributed by atoms with E-state index in [-0.39, 0.29) is 5.82 Å². The van der Waals surface area contributed by atoms with Gasteiger partial charge in [0.05, 0.1) is 11.9 Å². The van der Waals surface area contributed by atoms with Crippen molar-refractivity contribution in [1.82, 2.24) is 9.97 Å². The fourth-order valence-electron chi connectivity index (χ4n) is 2.89. The quantitative estimate of drug-likeness (QED) is 0.465. The minimum atomic E-state index is -0.216. The van der Waals surface area contributed by atoms with Crippen LogP contribution >= 0.6 is 0 Å². The number of aromatic nitrogens is 2. The number of hydrogen-bond acceptors (Lipinski definition) is 2. The monoisotopic (exact) mass is 324 g/mol. The lowest BCUT2D eigenvalue weighted by molar-refractivity contribution is -0.107. The molecule has 3 rings (SSSR count). The number of halogens is 1. The molecule has 3 aromatic rings. The summed E-state index contributed by atoms with van der Waals surface area (Å²) in [6.45, 7) is 0. The predicted molar refractivity (Wildman–Crippen MR) is 94.3 cm³/mol. The van der Waals surface area contributed by atoms with Crippen molar-refractivity contribution < 1.29 is 9.18 Å². The molecule has 0 saturated carbocycles. The van der Waals surface area contributed by atoms with Crippen molar-refractivity contribution in [1.29, 1.82) is 0 Å². The van der Waals surface area contributed by atoms with E-state index in [2.05, 4.69) is 9.97 Å². The summed E-state index contributed by atoms with van der Waals surface area (Å²) in [5, 5.41) is 1.91. The molecule has 3 nitrogen and oxygen atoms in total. The van der Waals surface area contributed by atoms with E-state index >= 15 is 0 Å². The number of fused-ring (bicyclic) bond motifs is 1. The highest BCUT2D eigenvalue weighted by Crippen LogP contribution is 2.24. The van der Waals surface area contributed by atoms with Crippen LogP contribution in [0.2, 0.25) is 0 Å². The second-order valence-electron chi connectivity index (χ2n) is 6.07. The Bertz CT molecular complexity index is 825. The number of unbranched alkanes of at least 4 members (excludes halogenated alkanes) is 4. The first kappa shape index (κ1) is 16.4. The number of carbonyl (C=O) groups is 1. The van der Waals surface area contributed by atoms with E-state index in [4.69, 9.17) is 0 Å². The highest BCUT2D eigenvalue weighted by Gasteiger charge is 2.05. The molecule has 0 unspecified atom stereocenters. The number of benzene rings is 2. The number of aryl methyl sites for hydroxylation is 1. The molecule has 1 aromatic heterocycles. The third-order valence-electron chi connectivity index (χ3n) is 4.23. The number of aromatic amines is 1. The van der Waals surface area contributed by atoms with Gasteiger partial charge in [0.25, 0.3) is 0 Å². The van der Waals surface area contributed by atoms with Gasteiger partial charge in [-0.1, -0.05) is 31.0 Å². The number of hydrogen-bond donors (Lipinski definition) is 1. The molecule has 0 aliphatic carbocycles. The third-order valence-corrected chi connectivity index (χ3v) is 4.23. The van der Waals surface area contributed by atoms with Gasteiger partial charge in [0.2, 0.25) is 0 Å². The molecule has 0 aliphatic heterocycles. The van der Waals surface area contributed by atoms with E-state index in [1.54, 1.807) is 12.1 Å². The van der Waals surface area contributed by atoms with Crippen molar-refractivity contribution >= 4 is 17.1 Å². The van der Waals surface area contributed by atoms with E-state index in [0.29, 0.717) is 6.42 Å². The van der Waals surface area contributed by atoms with Crippen LogP contribution in [0.4, 0.5) is 4.39 Å². The van der Waals surface area contributed by atoms with Crippen LogP contribution in [0.5, 0.6) is 0 Å². The van der Waals surface area contributed by atoms with Crippen LogP contribution in [0.25, 0.3) is 22.0 Å². The van der Waals surface area contributed by atoms with Crippen molar-refractivity contribution in [3.8, 4) is 11.3 Å². The molecule has 124 valence electrons. The summed E-state index contributed by atoms with van der Waals surface area (Å²) in [6.07, 6.45) is 8.67. The summed E-state index contributed by atoms with van der Waals surface area (Å²) >= 11 is 0. The number of nitrogens with zero attached hydrogens (tertiary/aromatic N) is 1. The molecule has 2 aromatic carbocycles. The molecule has 0 aliphatic rings. The Balaban J connectivity index is 1.62. The Morgan fingerprint density at radius 3 is 2.67 bits per heavy atom. The van der Waals surface area contributed by atoms with Gasteiger partial charge in [-0.2, -0.15) is 0 Å². The van der Waals surface area contributed by atoms with E-state index < -0.39 is 0 Å². The van der Waals surface area contributed by atoms with Gasteiger partial charge in [0.1, 0.15) is 17.9 Å². The molecule has 0 atom stereocenters. The van der Waals surface area contributed by atoms with Crippen LogP contribution in [-0.2, 0) is 11.2 Å². The third kappa shape index (κ3) is 4.07. The lowest BCUT2D eigenvalue weighted by Gasteiger charge is -2.02. The van der Waals surface area contributed by atoms with Crippen molar-refractivity contribution in [2.75, 3.05) is 0 Å². The average molecular weight is 324 g/mol. The van der Waals surface area contributed by atoms with Gasteiger partial charge >= 0.3 is 0 Å². The zero-order valence-corrected chi connectivity index (χ0v) is 13.6. The van der Waals surface area contributed by atoms with Crippen LogP contribution < -0.4 is 0 Å². The van der Waals surface area contributed by atoms with Gasteiger partial charge < -0.3 is 9.78 Å². The van der Waals surface area contributed by atoms with E-state index in [1.165, 1.54) is 6.07 Å². The molecule has 0 radical (unpaired) electrons. The normalized spacial score (nSPS) is 11.0. The maximum atomic E-state index is 13.2. The van der Waals surface area contributed by atoms with Gasteiger partial charge in [-0.3, -0.25) is 0 Å². The Hall–Kier alpha value is -2.49. The fraction of sp³-hybridized carbons (Fsp3) is 0.300. The maximum Gasteiger partial charge on any atom is 0.123 e. The topological polar surface area (TPSA) is 45.8 Å². The van der Waals surface area contributed by atoms with Gasteiger partial charge in [-0.15, -0.1) is 0 Å². The summed E-state index contributed by atoms with van der Waals surface area (Å²) in [5.41, 5.74) is 2.04. The van der Waals surface area contributed by atoms with Crippen LogP contribution in [-0.4, -0.2) is 16.3 Å². The van der Waals surface area contributed by atoms with Gasteiger partial charge in [-0.25, -0.2) is 9.37 Å². The zero-order valence-electron chi connectivity index (χ0n) is 13.6. The lowest BCUT2D eigenvalue weighted by atomic mass is 10.1. The number of aldehydes is 1. The standard InChI is InChI=1S/C20H21FN2O/c21-18-10-9-15-12-17(8-7-16(15)13-18)19-14-22-20(23-19)6-4-2-1-3-5-11-24/h7-14H,1-6H2,(H,22,23). The molecule has 0 fully saturated rings. The second-order valence-corrected chi connectivity index (χ2v) is 6.07. The second kappa shape index (κ2) is 7.86. The first-order valence-electron chi connectivity index (χ1n) is 8.43. The minimum absolute atomic E-state index is 0.216. The number of carbonyl (C=O) groups excluding carboxylic acids is 1. The molecule has 0 bridgehead atoms. The molecule has 1 N–H and O–H groups in total. The van der Waals surface area contributed by atoms with Gasteiger partial charge in [0.15, 0.2) is 0 Å². The molecule has 0 amide bonds.